The first-order valence-corrected chi connectivity index (χ1v) is 11.0. The molecule has 1 aromatic heterocycles. The molecule has 0 saturated carbocycles. The summed E-state index contributed by atoms with van der Waals surface area (Å²) in [5, 5.41) is 12.2. The lowest BCUT2D eigenvalue weighted by Gasteiger charge is -2.30. The van der Waals surface area contributed by atoms with E-state index in [9.17, 15) is 0 Å². The summed E-state index contributed by atoms with van der Waals surface area (Å²) in [6.07, 6.45) is 6.37. The van der Waals surface area contributed by atoms with Crippen LogP contribution in [-0.2, 0) is 0 Å². The van der Waals surface area contributed by atoms with E-state index in [4.69, 9.17) is 10.00 Å². The first-order valence-electron chi connectivity index (χ1n) is 11.0. The number of hydrazine groups is 1. The van der Waals surface area contributed by atoms with Crippen molar-refractivity contribution >= 4 is 5.82 Å². The average Bonchev–Trinajstić information content (AvgIpc) is 3.22. The number of nitrogens with one attached hydrogen (secondary N) is 3. The van der Waals surface area contributed by atoms with E-state index in [1.807, 2.05) is 6.07 Å². The van der Waals surface area contributed by atoms with Crippen LogP contribution in [-0.4, -0.2) is 47.3 Å². The van der Waals surface area contributed by atoms with Gasteiger partial charge in [-0.3, -0.25) is 0 Å². The molecule has 3 N–H and O–H groups in total. The summed E-state index contributed by atoms with van der Waals surface area (Å²) < 4.78 is 6.24. The zero-order chi connectivity index (χ0) is 21.8. The lowest BCUT2D eigenvalue weighted by atomic mass is 9.88. The van der Waals surface area contributed by atoms with Crippen LogP contribution in [0.5, 0.6) is 5.75 Å². The maximum atomic E-state index is 8.87. The Labute approximate surface area is 184 Å². The molecule has 0 aliphatic carbocycles. The molecule has 31 heavy (non-hydrogen) atoms. The highest BCUT2D eigenvalue weighted by molar-refractivity contribution is 5.42. The molecule has 2 aliphatic heterocycles. The molecule has 8 nitrogen and oxygen atoms in total. The monoisotopic (exact) mass is 421 g/mol. The van der Waals surface area contributed by atoms with Crippen molar-refractivity contribution in [3.8, 4) is 11.8 Å². The normalized spacial score (nSPS) is 22.4. The summed E-state index contributed by atoms with van der Waals surface area (Å²) >= 11 is 0. The van der Waals surface area contributed by atoms with Gasteiger partial charge in [-0.25, -0.2) is 20.8 Å². The maximum absolute atomic E-state index is 8.87. The summed E-state index contributed by atoms with van der Waals surface area (Å²) in [6.45, 7) is 6.43. The molecule has 3 heterocycles. The minimum atomic E-state index is -0.00676. The average molecular weight is 422 g/mol. The van der Waals surface area contributed by atoms with Crippen LogP contribution in [0.15, 0.2) is 30.6 Å². The Balaban J connectivity index is 1.46. The van der Waals surface area contributed by atoms with Crippen molar-refractivity contribution in [3.05, 3.63) is 47.4 Å². The number of likely N-dealkylation sites (tertiary alicyclic amines) is 1. The molecular weight excluding hydrogens is 390 g/mol. The molecule has 2 aliphatic rings. The third-order valence-corrected chi connectivity index (χ3v) is 5.96. The van der Waals surface area contributed by atoms with Crippen molar-refractivity contribution in [2.24, 2.45) is 0 Å². The minimum Gasteiger partial charge on any atom is -0.491 e. The Kier molecular flexibility index (Phi) is 6.66. The molecule has 8 heteroatoms. The van der Waals surface area contributed by atoms with Crippen molar-refractivity contribution in [1.29, 1.82) is 5.26 Å². The van der Waals surface area contributed by atoms with Gasteiger partial charge >= 0.3 is 0 Å². The van der Waals surface area contributed by atoms with Crippen LogP contribution in [0.3, 0.4) is 0 Å². The zero-order valence-electron chi connectivity index (χ0n) is 18.4. The topological polar surface area (TPSA) is 98.1 Å². The number of nitrogens with zero attached hydrogens (tertiary/aromatic N) is 4. The van der Waals surface area contributed by atoms with E-state index in [-0.39, 0.29) is 18.3 Å². The quantitative estimate of drug-likeness (QED) is 0.655. The van der Waals surface area contributed by atoms with E-state index in [1.54, 1.807) is 6.20 Å². The fraction of sp³-hybridized carbons (Fsp3) is 0.522. The maximum Gasteiger partial charge on any atom is 0.158 e. The summed E-state index contributed by atoms with van der Waals surface area (Å²) in [7, 11) is 2.19. The smallest absolute Gasteiger partial charge is 0.158 e. The van der Waals surface area contributed by atoms with Crippen LogP contribution in [0.25, 0.3) is 0 Å². The molecule has 0 radical (unpaired) electrons. The van der Waals surface area contributed by atoms with Gasteiger partial charge in [0.2, 0.25) is 0 Å². The van der Waals surface area contributed by atoms with Gasteiger partial charge in [0.05, 0.1) is 30.7 Å². The molecule has 164 valence electrons. The number of hydrogen-bond donors (Lipinski definition) is 3. The van der Waals surface area contributed by atoms with Gasteiger partial charge in [0, 0.05) is 12.0 Å². The number of aromatic nitrogens is 2. The van der Waals surface area contributed by atoms with Crippen LogP contribution in [0, 0.1) is 11.3 Å². The van der Waals surface area contributed by atoms with Crippen molar-refractivity contribution in [3.63, 3.8) is 0 Å². The molecule has 2 atom stereocenters. The van der Waals surface area contributed by atoms with Crippen LogP contribution in [0.4, 0.5) is 5.82 Å². The second-order valence-electron chi connectivity index (χ2n) is 8.71. The van der Waals surface area contributed by atoms with Crippen LogP contribution < -0.4 is 20.9 Å². The lowest BCUT2D eigenvalue weighted by molar-refractivity contribution is 0.236. The van der Waals surface area contributed by atoms with E-state index in [0.717, 1.165) is 30.8 Å². The predicted octanol–water partition coefficient (Wildman–Crippen LogP) is 2.92. The van der Waals surface area contributed by atoms with Crippen molar-refractivity contribution in [1.82, 2.24) is 25.7 Å². The number of benzene rings is 1. The summed E-state index contributed by atoms with van der Waals surface area (Å²) in [4.78, 5) is 10.7. The van der Waals surface area contributed by atoms with E-state index in [2.05, 4.69) is 70.1 Å². The van der Waals surface area contributed by atoms with E-state index in [0.29, 0.717) is 17.4 Å². The SMILES string of the molecule is CC(C)Oc1cc(C2CCN(C)CC2)ccc1C1CC(Nc2cnc(C#N)cn2)NN1. The van der Waals surface area contributed by atoms with Gasteiger partial charge < -0.3 is 15.0 Å². The first-order chi connectivity index (χ1) is 15.0. The fourth-order valence-corrected chi connectivity index (χ4v) is 4.28. The molecule has 2 saturated heterocycles. The van der Waals surface area contributed by atoms with Crippen molar-refractivity contribution in [2.75, 3.05) is 25.5 Å². The number of hydrogen-bond acceptors (Lipinski definition) is 8. The van der Waals surface area contributed by atoms with Gasteiger partial charge in [-0.1, -0.05) is 12.1 Å². The van der Waals surface area contributed by atoms with Crippen molar-refractivity contribution in [2.45, 2.75) is 57.3 Å². The Hall–Kier alpha value is -2.73. The van der Waals surface area contributed by atoms with Crippen LogP contribution >= 0.6 is 0 Å². The predicted molar refractivity (Wildman–Crippen MR) is 119 cm³/mol. The lowest BCUT2D eigenvalue weighted by Crippen LogP contribution is -2.36. The third kappa shape index (κ3) is 5.31. The van der Waals surface area contributed by atoms with Crippen LogP contribution in [0.1, 0.15) is 61.9 Å². The largest absolute Gasteiger partial charge is 0.491 e. The Morgan fingerprint density at radius 1 is 1.19 bits per heavy atom. The number of anilines is 1. The van der Waals surface area contributed by atoms with Gasteiger partial charge in [0.1, 0.15) is 17.6 Å². The van der Waals surface area contributed by atoms with E-state index in [1.165, 1.54) is 24.6 Å². The molecule has 2 fully saturated rings. The fourth-order valence-electron chi connectivity index (χ4n) is 4.28. The zero-order valence-corrected chi connectivity index (χ0v) is 18.4. The van der Waals surface area contributed by atoms with E-state index < -0.39 is 0 Å². The van der Waals surface area contributed by atoms with Gasteiger partial charge in [0.25, 0.3) is 0 Å². The number of nitriles is 1. The summed E-state index contributed by atoms with van der Waals surface area (Å²) in [6, 6.07) is 8.84. The molecule has 0 bridgehead atoms. The van der Waals surface area contributed by atoms with Gasteiger partial charge in [0.15, 0.2) is 5.69 Å². The number of piperidine rings is 1. The molecule has 4 rings (SSSR count). The molecular formula is C23H31N7O. The highest BCUT2D eigenvalue weighted by Gasteiger charge is 2.29. The summed E-state index contributed by atoms with van der Waals surface area (Å²) in [5.41, 5.74) is 9.52. The molecule has 2 aromatic rings. The number of ether oxygens (including phenoxy) is 1. The van der Waals surface area contributed by atoms with E-state index >= 15 is 0 Å². The molecule has 2 unspecified atom stereocenters. The Morgan fingerprint density at radius 2 is 2.00 bits per heavy atom. The Morgan fingerprint density at radius 3 is 2.68 bits per heavy atom. The highest BCUT2D eigenvalue weighted by atomic mass is 16.5. The number of rotatable bonds is 6. The molecule has 0 spiro atoms. The molecule has 1 aromatic carbocycles. The first kappa shape index (κ1) is 21.5. The van der Waals surface area contributed by atoms with Gasteiger partial charge in [-0.2, -0.15) is 5.26 Å². The molecule has 0 amide bonds. The van der Waals surface area contributed by atoms with Gasteiger partial charge in [-0.05, 0) is 64.4 Å². The van der Waals surface area contributed by atoms with Crippen molar-refractivity contribution < 1.29 is 4.74 Å². The summed E-state index contributed by atoms with van der Waals surface area (Å²) in [5.74, 6) is 2.19. The second kappa shape index (κ2) is 9.60. The van der Waals surface area contributed by atoms with Gasteiger partial charge in [-0.15, -0.1) is 0 Å². The Bertz CT molecular complexity index is 917. The highest BCUT2D eigenvalue weighted by Crippen LogP contribution is 2.36. The van der Waals surface area contributed by atoms with Crippen LogP contribution in [0.2, 0.25) is 0 Å². The second-order valence-corrected chi connectivity index (χ2v) is 8.71. The standard InChI is InChI=1S/C23H31N7O/c1-15(2)31-21-10-17(16-6-8-30(3)9-7-16)4-5-19(21)20-11-22(29-28-20)27-23-14-25-18(12-24)13-26-23/h4-5,10,13-16,20,22,28-29H,6-9,11H2,1-3H3,(H,26,27). The third-order valence-electron chi connectivity index (χ3n) is 5.96. The minimum absolute atomic E-state index is 0.00676.